The van der Waals surface area contributed by atoms with E-state index in [1.807, 2.05) is 0 Å². The zero-order valence-electron chi connectivity index (χ0n) is 11.3. The minimum atomic E-state index is -1.02. The lowest BCUT2D eigenvalue weighted by atomic mass is 9.81. The van der Waals surface area contributed by atoms with Crippen LogP contribution in [0.5, 0.6) is 0 Å². The second-order valence-electron chi connectivity index (χ2n) is 5.37. The van der Waals surface area contributed by atoms with E-state index >= 15 is 0 Å². The summed E-state index contributed by atoms with van der Waals surface area (Å²) in [6.45, 7) is 10.8. The summed E-state index contributed by atoms with van der Waals surface area (Å²) in [5, 5.41) is 14.4. The highest BCUT2D eigenvalue weighted by Crippen LogP contribution is 2.24. The van der Waals surface area contributed by atoms with Gasteiger partial charge < -0.3 is 15.7 Å². The fourth-order valence-electron chi connectivity index (χ4n) is 1.19. The Hall–Kier alpha value is -1.10. The highest BCUT2D eigenvalue weighted by molar-refractivity contribution is 5.82. The van der Waals surface area contributed by atoms with Crippen molar-refractivity contribution in [3.05, 3.63) is 0 Å². The normalized spacial score (nSPS) is 13.5. The maximum atomic E-state index is 10.9. The first kappa shape index (κ1) is 15.9. The quantitative estimate of drug-likeness (QED) is 0.620. The number of carbonyl (C=O) groups is 2. The van der Waals surface area contributed by atoms with Crippen LogP contribution >= 0.6 is 0 Å². The van der Waals surface area contributed by atoms with Gasteiger partial charge in [0.2, 0.25) is 5.91 Å². The van der Waals surface area contributed by atoms with Gasteiger partial charge in [-0.2, -0.15) is 0 Å². The number of carboxylic acids is 1. The van der Waals surface area contributed by atoms with Crippen molar-refractivity contribution in [1.82, 2.24) is 10.6 Å². The lowest BCUT2D eigenvalue weighted by Gasteiger charge is -2.30. The van der Waals surface area contributed by atoms with Crippen molar-refractivity contribution in [3.8, 4) is 0 Å². The SMILES string of the molecule is CC(=O)NC(CNCC(C)(C)C(C)C)C(=O)O. The summed E-state index contributed by atoms with van der Waals surface area (Å²) in [7, 11) is 0. The van der Waals surface area contributed by atoms with Gasteiger partial charge in [-0.3, -0.25) is 4.79 Å². The van der Waals surface area contributed by atoms with Crippen LogP contribution in [0.4, 0.5) is 0 Å². The fourth-order valence-corrected chi connectivity index (χ4v) is 1.19. The molecule has 0 spiro atoms. The average molecular weight is 244 g/mol. The average Bonchev–Trinajstić information content (AvgIpc) is 2.14. The number of aliphatic carboxylic acids is 1. The monoisotopic (exact) mass is 244 g/mol. The highest BCUT2D eigenvalue weighted by Gasteiger charge is 2.23. The number of amides is 1. The molecule has 0 aromatic heterocycles. The van der Waals surface area contributed by atoms with Crippen LogP contribution in [0.25, 0.3) is 0 Å². The van der Waals surface area contributed by atoms with E-state index in [-0.39, 0.29) is 17.9 Å². The Morgan fingerprint density at radius 1 is 1.29 bits per heavy atom. The highest BCUT2D eigenvalue weighted by atomic mass is 16.4. The molecular formula is C12H24N2O3. The Balaban J connectivity index is 4.15. The summed E-state index contributed by atoms with van der Waals surface area (Å²) < 4.78 is 0. The van der Waals surface area contributed by atoms with Gasteiger partial charge in [0, 0.05) is 20.0 Å². The van der Waals surface area contributed by atoms with Gasteiger partial charge in [0.05, 0.1) is 0 Å². The third kappa shape index (κ3) is 6.26. The van der Waals surface area contributed by atoms with Crippen molar-refractivity contribution in [1.29, 1.82) is 0 Å². The molecule has 1 amide bonds. The Labute approximate surface area is 103 Å². The Morgan fingerprint density at radius 3 is 2.18 bits per heavy atom. The van der Waals surface area contributed by atoms with Crippen LogP contribution in [0.15, 0.2) is 0 Å². The molecule has 0 aliphatic rings. The van der Waals surface area contributed by atoms with Gasteiger partial charge in [-0.25, -0.2) is 4.79 Å². The fraction of sp³-hybridized carbons (Fsp3) is 0.833. The second-order valence-corrected chi connectivity index (χ2v) is 5.37. The number of hydrogen-bond acceptors (Lipinski definition) is 3. The molecule has 17 heavy (non-hydrogen) atoms. The van der Waals surface area contributed by atoms with E-state index in [2.05, 4.69) is 38.3 Å². The van der Waals surface area contributed by atoms with Gasteiger partial charge in [0.15, 0.2) is 0 Å². The predicted octanol–water partition coefficient (Wildman–Crippen LogP) is 0.847. The lowest BCUT2D eigenvalue weighted by Crippen LogP contribution is -2.48. The van der Waals surface area contributed by atoms with E-state index in [1.165, 1.54) is 6.92 Å². The Kier molecular flexibility index (Phi) is 6.16. The van der Waals surface area contributed by atoms with E-state index in [0.29, 0.717) is 12.5 Å². The first-order valence-electron chi connectivity index (χ1n) is 5.87. The molecule has 1 atom stereocenters. The molecule has 0 fully saturated rings. The zero-order valence-corrected chi connectivity index (χ0v) is 11.3. The Morgan fingerprint density at radius 2 is 1.82 bits per heavy atom. The number of nitrogens with one attached hydrogen (secondary N) is 2. The first-order valence-corrected chi connectivity index (χ1v) is 5.87. The summed E-state index contributed by atoms with van der Waals surface area (Å²) in [5.41, 5.74) is 0.0965. The van der Waals surface area contributed by atoms with Crippen molar-refractivity contribution in [2.45, 2.75) is 40.7 Å². The molecule has 0 aromatic carbocycles. The summed E-state index contributed by atoms with van der Waals surface area (Å²) in [5.74, 6) is -0.851. The van der Waals surface area contributed by atoms with Crippen molar-refractivity contribution >= 4 is 11.9 Å². The largest absolute Gasteiger partial charge is 0.480 e. The smallest absolute Gasteiger partial charge is 0.327 e. The van der Waals surface area contributed by atoms with Gasteiger partial charge >= 0.3 is 5.97 Å². The van der Waals surface area contributed by atoms with Crippen LogP contribution in [0, 0.1) is 11.3 Å². The summed E-state index contributed by atoms with van der Waals surface area (Å²) in [4.78, 5) is 21.7. The number of carbonyl (C=O) groups excluding carboxylic acids is 1. The summed E-state index contributed by atoms with van der Waals surface area (Å²) in [6, 6.07) is -0.865. The number of hydrogen-bond donors (Lipinski definition) is 3. The minimum Gasteiger partial charge on any atom is -0.480 e. The molecule has 0 aromatic rings. The Bertz CT molecular complexity index is 275. The van der Waals surface area contributed by atoms with Crippen LogP contribution in [0.2, 0.25) is 0 Å². The van der Waals surface area contributed by atoms with Crippen molar-refractivity contribution in [2.24, 2.45) is 11.3 Å². The van der Waals surface area contributed by atoms with Gasteiger partial charge in [0.25, 0.3) is 0 Å². The second kappa shape index (κ2) is 6.59. The molecule has 0 rings (SSSR count). The van der Waals surface area contributed by atoms with E-state index in [0.717, 1.165) is 0 Å². The molecule has 5 nitrogen and oxygen atoms in total. The topological polar surface area (TPSA) is 78.4 Å². The predicted molar refractivity (Wildman–Crippen MR) is 66.7 cm³/mol. The van der Waals surface area contributed by atoms with Gasteiger partial charge in [-0.15, -0.1) is 0 Å². The number of rotatable bonds is 7. The molecule has 0 aliphatic carbocycles. The summed E-state index contributed by atoms with van der Waals surface area (Å²) in [6.07, 6.45) is 0. The van der Waals surface area contributed by atoms with Crippen LogP contribution in [-0.2, 0) is 9.59 Å². The van der Waals surface area contributed by atoms with Crippen LogP contribution < -0.4 is 10.6 Å². The standard InChI is InChI=1S/C12H24N2O3/c1-8(2)12(4,5)7-13-6-10(11(16)17)14-9(3)15/h8,10,13H,6-7H2,1-5H3,(H,14,15)(H,16,17). The lowest BCUT2D eigenvalue weighted by molar-refractivity contribution is -0.141. The molecule has 0 heterocycles. The molecule has 5 heteroatoms. The molecule has 0 bridgehead atoms. The van der Waals surface area contributed by atoms with Crippen LogP contribution in [0.3, 0.4) is 0 Å². The minimum absolute atomic E-state index is 0.0965. The molecule has 3 N–H and O–H groups in total. The number of carboxylic acid groups (broad SMARTS) is 1. The molecule has 100 valence electrons. The van der Waals surface area contributed by atoms with Crippen LogP contribution in [0.1, 0.15) is 34.6 Å². The van der Waals surface area contributed by atoms with E-state index in [9.17, 15) is 9.59 Å². The van der Waals surface area contributed by atoms with Crippen molar-refractivity contribution in [2.75, 3.05) is 13.1 Å². The molecular weight excluding hydrogens is 220 g/mol. The molecule has 1 unspecified atom stereocenters. The molecule has 0 aliphatic heterocycles. The third-order valence-electron chi connectivity index (χ3n) is 3.17. The molecule has 0 radical (unpaired) electrons. The van der Waals surface area contributed by atoms with Gasteiger partial charge in [-0.05, 0) is 11.3 Å². The molecule has 0 saturated carbocycles. The van der Waals surface area contributed by atoms with Crippen molar-refractivity contribution < 1.29 is 14.7 Å². The van der Waals surface area contributed by atoms with Crippen molar-refractivity contribution in [3.63, 3.8) is 0 Å². The third-order valence-corrected chi connectivity index (χ3v) is 3.17. The molecule has 0 saturated heterocycles. The van der Waals surface area contributed by atoms with E-state index < -0.39 is 12.0 Å². The first-order chi connectivity index (χ1) is 7.66. The van der Waals surface area contributed by atoms with E-state index in [1.54, 1.807) is 0 Å². The van der Waals surface area contributed by atoms with Gasteiger partial charge in [-0.1, -0.05) is 27.7 Å². The van der Waals surface area contributed by atoms with E-state index in [4.69, 9.17) is 5.11 Å². The maximum absolute atomic E-state index is 10.9. The zero-order chi connectivity index (χ0) is 13.6. The van der Waals surface area contributed by atoms with Crippen LogP contribution in [-0.4, -0.2) is 36.1 Å². The summed E-state index contributed by atoms with van der Waals surface area (Å²) >= 11 is 0. The maximum Gasteiger partial charge on any atom is 0.327 e. The van der Waals surface area contributed by atoms with Gasteiger partial charge in [0.1, 0.15) is 6.04 Å².